The second kappa shape index (κ2) is 12.8. The Kier molecular flexibility index (Phi) is 7.24. The zero-order valence-electron chi connectivity index (χ0n) is 30.4. The van der Waals surface area contributed by atoms with Crippen LogP contribution < -0.4 is 0 Å². The van der Waals surface area contributed by atoms with E-state index in [1.165, 1.54) is 79.0 Å². The predicted molar refractivity (Wildman–Crippen MR) is 242 cm³/mol. The minimum atomic E-state index is 0.661. The van der Waals surface area contributed by atoms with E-state index in [1.54, 1.807) is 0 Å². The van der Waals surface area contributed by atoms with Crippen LogP contribution in [0, 0.1) is 0 Å². The first-order valence-corrected chi connectivity index (χ1v) is 20.7. The molecule has 0 amide bonds. The van der Waals surface area contributed by atoms with E-state index in [4.69, 9.17) is 15.0 Å². The number of rotatable bonds is 5. The average molecular weight is 763 g/mol. The average Bonchev–Trinajstić information content (AvgIpc) is 3.96. The fourth-order valence-electron chi connectivity index (χ4n) is 8.50. The summed E-state index contributed by atoms with van der Waals surface area (Å²) in [6.45, 7) is 0. The Morgan fingerprint density at radius 1 is 0.351 bits per heavy atom. The molecular weight excluding hydrogens is 733 g/mol. The molecule has 8 aromatic carbocycles. The van der Waals surface area contributed by atoms with Gasteiger partial charge in [0.1, 0.15) is 0 Å². The molecule has 12 aromatic rings. The van der Waals surface area contributed by atoms with Crippen LogP contribution in [0.3, 0.4) is 0 Å². The Balaban J connectivity index is 1.03. The van der Waals surface area contributed by atoms with Crippen molar-refractivity contribution in [1.29, 1.82) is 0 Å². The van der Waals surface area contributed by atoms with Crippen LogP contribution in [0.2, 0.25) is 0 Å². The predicted octanol–water partition coefficient (Wildman–Crippen LogP) is 14.4. The van der Waals surface area contributed by atoms with Crippen LogP contribution in [-0.2, 0) is 0 Å². The van der Waals surface area contributed by atoms with Crippen molar-refractivity contribution in [2.45, 2.75) is 0 Å². The third kappa shape index (κ3) is 5.08. The van der Waals surface area contributed by atoms with E-state index in [9.17, 15) is 0 Å². The third-order valence-electron chi connectivity index (χ3n) is 11.1. The van der Waals surface area contributed by atoms with Crippen LogP contribution in [0.5, 0.6) is 0 Å². The lowest BCUT2D eigenvalue weighted by Crippen LogP contribution is -2.00. The van der Waals surface area contributed by atoms with Crippen molar-refractivity contribution in [3.8, 4) is 51.0 Å². The van der Waals surface area contributed by atoms with Crippen LogP contribution in [-0.4, -0.2) is 19.5 Å². The fraction of sp³-hybridized carbons (Fsp3) is 0. The molecular formula is C51H30N4S2. The van der Waals surface area contributed by atoms with Gasteiger partial charge in [0.25, 0.3) is 0 Å². The van der Waals surface area contributed by atoms with Crippen LogP contribution >= 0.6 is 22.7 Å². The molecule has 0 N–H and O–H groups in total. The van der Waals surface area contributed by atoms with Gasteiger partial charge in [0, 0.05) is 68.7 Å². The second-order valence-electron chi connectivity index (χ2n) is 14.3. The molecule has 0 unspecified atom stereocenters. The van der Waals surface area contributed by atoms with Crippen molar-refractivity contribution >= 4 is 84.8 Å². The molecule has 0 saturated carbocycles. The van der Waals surface area contributed by atoms with Crippen molar-refractivity contribution in [3.05, 3.63) is 182 Å². The molecule has 12 rings (SSSR count). The first-order chi connectivity index (χ1) is 28.3. The molecule has 0 spiro atoms. The number of thiophene rings is 2. The summed E-state index contributed by atoms with van der Waals surface area (Å²) in [5.41, 5.74) is 9.06. The van der Waals surface area contributed by atoms with Crippen LogP contribution in [0.15, 0.2) is 182 Å². The quantitative estimate of drug-likeness (QED) is 0.175. The number of hydrogen-bond acceptors (Lipinski definition) is 5. The molecule has 4 nitrogen and oxygen atoms in total. The first kappa shape index (κ1) is 32.3. The number of fused-ring (bicyclic) bond motifs is 9. The number of para-hydroxylation sites is 2. The zero-order valence-corrected chi connectivity index (χ0v) is 32.1. The fourth-order valence-corrected chi connectivity index (χ4v) is 10.9. The largest absolute Gasteiger partial charge is 0.308 e. The van der Waals surface area contributed by atoms with E-state index in [0.717, 1.165) is 16.7 Å². The van der Waals surface area contributed by atoms with E-state index in [0.29, 0.717) is 17.5 Å². The summed E-state index contributed by atoms with van der Waals surface area (Å²) in [6, 6.07) is 64.8. The molecule has 4 aromatic heterocycles. The Labute approximate surface area is 335 Å². The molecule has 4 heterocycles. The molecule has 0 aliphatic heterocycles. The maximum absolute atomic E-state index is 5.03. The molecule has 0 fully saturated rings. The van der Waals surface area contributed by atoms with Crippen molar-refractivity contribution in [1.82, 2.24) is 19.5 Å². The maximum Gasteiger partial charge on any atom is 0.164 e. The van der Waals surface area contributed by atoms with Gasteiger partial charge < -0.3 is 4.57 Å². The minimum Gasteiger partial charge on any atom is -0.308 e. The molecule has 0 atom stereocenters. The highest BCUT2D eigenvalue weighted by Crippen LogP contribution is 2.47. The molecule has 266 valence electrons. The Morgan fingerprint density at radius 3 is 1.60 bits per heavy atom. The van der Waals surface area contributed by atoms with E-state index in [-0.39, 0.29) is 0 Å². The van der Waals surface area contributed by atoms with E-state index < -0.39 is 0 Å². The summed E-state index contributed by atoms with van der Waals surface area (Å²) in [7, 11) is 0. The lowest BCUT2D eigenvalue weighted by atomic mass is 9.97. The van der Waals surface area contributed by atoms with Gasteiger partial charge in [-0.15, -0.1) is 22.7 Å². The zero-order chi connectivity index (χ0) is 37.5. The van der Waals surface area contributed by atoms with Crippen LogP contribution in [0.1, 0.15) is 0 Å². The third-order valence-corrected chi connectivity index (χ3v) is 13.5. The van der Waals surface area contributed by atoms with Gasteiger partial charge in [-0.05, 0) is 48.0 Å². The summed E-state index contributed by atoms with van der Waals surface area (Å²) in [4.78, 5) is 15.0. The summed E-state index contributed by atoms with van der Waals surface area (Å²) in [5.74, 6) is 1.98. The number of aromatic nitrogens is 4. The monoisotopic (exact) mass is 762 g/mol. The Bertz CT molecular complexity index is 3410. The molecule has 0 bridgehead atoms. The molecule has 0 aliphatic rings. The van der Waals surface area contributed by atoms with Gasteiger partial charge in [-0.3, -0.25) is 0 Å². The Hall–Kier alpha value is -6.99. The first-order valence-electron chi connectivity index (χ1n) is 19.0. The van der Waals surface area contributed by atoms with Crippen molar-refractivity contribution < 1.29 is 0 Å². The van der Waals surface area contributed by atoms with Gasteiger partial charge in [-0.1, -0.05) is 140 Å². The molecule has 0 radical (unpaired) electrons. The summed E-state index contributed by atoms with van der Waals surface area (Å²) >= 11 is 3.74. The topological polar surface area (TPSA) is 43.6 Å². The standard InChI is InChI=1S/C51H30N4S2/c1-3-14-31(15-4-1)49-52-50(32-16-5-2-6-17-32)54-51(53-49)33-28-29-44-40(30-33)38-22-11-21-37(47(38)56-44)36-20-13-27-45-46(36)39-23-12-26-43(48(39)57-45)55-41-24-9-7-18-34(41)35-19-8-10-25-42(35)55/h1-30H. The van der Waals surface area contributed by atoms with Crippen molar-refractivity contribution in [2.75, 3.05) is 0 Å². The summed E-state index contributed by atoms with van der Waals surface area (Å²) in [6.07, 6.45) is 0. The van der Waals surface area contributed by atoms with Gasteiger partial charge in [0.2, 0.25) is 0 Å². The highest BCUT2D eigenvalue weighted by molar-refractivity contribution is 7.27. The molecule has 57 heavy (non-hydrogen) atoms. The SMILES string of the molecule is c1ccc(-c2nc(-c3ccccc3)nc(-c3ccc4sc5c(-c6cccc7sc8c(-n9c%10ccccc%10c%10ccccc%109)cccc8c67)cccc5c4c3)n2)cc1. The molecule has 0 aliphatic carbocycles. The Morgan fingerprint density at radius 2 is 0.895 bits per heavy atom. The van der Waals surface area contributed by atoms with Crippen LogP contribution in [0.25, 0.3) is 113 Å². The lowest BCUT2D eigenvalue weighted by Gasteiger charge is -2.10. The lowest BCUT2D eigenvalue weighted by molar-refractivity contribution is 1.07. The van der Waals surface area contributed by atoms with Gasteiger partial charge >= 0.3 is 0 Å². The van der Waals surface area contributed by atoms with Gasteiger partial charge in [-0.2, -0.15) is 0 Å². The van der Waals surface area contributed by atoms with E-state index in [1.807, 2.05) is 83.3 Å². The maximum atomic E-state index is 5.03. The van der Waals surface area contributed by atoms with Crippen LogP contribution in [0.4, 0.5) is 0 Å². The van der Waals surface area contributed by atoms with Gasteiger partial charge in [-0.25, -0.2) is 15.0 Å². The summed E-state index contributed by atoms with van der Waals surface area (Å²) < 4.78 is 7.54. The highest BCUT2D eigenvalue weighted by Gasteiger charge is 2.20. The highest BCUT2D eigenvalue weighted by atomic mass is 32.1. The second-order valence-corrected chi connectivity index (χ2v) is 16.4. The minimum absolute atomic E-state index is 0.661. The van der Waals surface area contributed by atoms with Gasteiger partial charge in [0.05, 0.1) is 21.4 Å². The summed E-state index contributed by atoms with van der Waals surface area (Å²) in [5, 5.41) is 7.57. The number of nitrogens with zero attached hydrogens (tertiary/aromatic N) is 4. The van der Waals surface area contributed by atoms with Crippen molar-refractivity contribution in [3.63, 3.8) is 0 Å². The van der Waals surface area contributed by atoms with E-state index in [2.05, 4.69) is 126 Å². The number of hydrogen-bond donors (Lipinski definition) is 0. The molecule has 6 heteroatoms. The van der Waals surface area contributed by atoms with E-state index >= 15 is 0 Å². The smallest absolute Gasteiger partial charge is 0.164 e. The molecule has 0 saturated heterocycles. The van der Waals surface area contributed by atoms with Gasteiger partial charge in [0.15, 0.2) is 17.5 Å². The number of benzene rings is 8. The normalized spacial score (nSPS) is 11.9. The van der Waals surface area contributed by atoms with Crippen molar-refractivity contribution in [2.24, 2.45) is 0 Å².